The molecule has 1 fully saturated rings. The van der Waals surface area contributed by atoms with Gasteiger partial charge in [0.25, 0.3) is 0 Å². The second-order valence-corrected chi connectivity index (χ2v) is 8.54. The van der Waals surface area contributed by atoms with Gasteiger partial charge < -0.3 is 4.74 Å². The first-order valence-corrected chi connectivity index (χ1v) is 10.1. The molecule has 1 saturated heterocycles. The Hall–Kier alpha value is -1.33. The van der Waals surface area contributed by atoms with Crippen molar-refractivity contribution in [1.82, 2.24) is 0 Å². The smallest absolute Gasteiger partial charge is 0.175 e. The van der Waals surface area contributed by atoms with Gasteiger partial charge in [-0.15, -0.1) is 0 Å². The van der Waals surface area contributed by atoms with E-state index in [-0.39, 0.29) is 0 Å². The van der Waals surface area contributed by atoms with Crippen LogP contribution in [0.25, 0.3) is 5.57 Å². The van der Waals surface area contributed by atoms with Gasteiger partial charge in [-0.3, -0.25) is 0 Å². The summed E-state index contributed by atoms with van der Waals surface area (Å²) in [5.41, 5.74) is 4.06. The largest absolute Gasteiger partial charge is 0.377 e. The Labute approximate surface area is 151 Å². The summed E-state index contributed by atoms with van der Waals surface area (Å²) in [5, 5.41) is 0.985. The fourth-order valence-corrected chi connectivity index (χ4v) is 3.68. The molecular formula is C18H16Cl2O3S. The van der Waals surface area contributed by atoms with Gasteiger partial charge in [0, 0.05) is 6.26 Å². The molecule has 0 bridgehead atoms. The number of halogens is 2. The fourth-order valence-electron chi connectivity index (χ4n) is 2.76. The van der Waals surface area contributed by atoms with Crippen molar-refractivity contribution in [2.45, 2.75) is 11.3 Å². The van der Waals surface area contributed by atoms with Crippen molar-refractivity contribution in [2.75, 3.05) is 19.5 Å². The highest BCUT2D eigenvalue weighted by molar-refractivity contribution is 7.90. The summed E-state index contributed by atoms with van der Waals surface area (Å²) >= 11 is 12.2. The molecule has 1 aliphatic heterocycles. The third-order valence-corrected chi connectivity index (χ3v) is 5.82. The predicted molar refractivity (Wildman–Crippen MR) is 97.5 cm³/mol. The number of benzene rings is 2. The van der Waals surface area contributed by atoms with Crippen molar-refractivity contribution < 1.29 is 13.2 Å². The molecule has 0 aliphatic carbocycles. The minimum Gasteiger partial charge on any atom is -0.377 e. The number of ether oxygens (including phenoxy) is 1. The Morgan fingerprint density at radius 3 is 2.21 bits per heavy atom. The fraction of sp³-hybridized carbons (Fsp3) is 0.222. The van der Waals surface area contributed by atoms with Crippen LogP contribution in [0.5, 0.6) is 0 Å². The van der Waals surface area contributed by atoms with Crippen LogP contribution < -0.4 is 0 Å². The van der Waals surface area contributed by atoms with E-state index < -0.39 is 9.84 Å². The van der Waals surface area contributed by atoms with Gasteiger partial charge in [0.05, 0.1) is 28.2 Å². The Kier molecular flexibility index (Phi) is 5.02. The summed E-state index contributed by atoms with van der Waals surface area (Å²) in [5.74, 6) is 0. The summed E-state index contributed by atoms with van der Waals surface area (Å²) in [6, 6.07) is 12.4. The van der Waals surface area contributed by atoms with Crippen LogP contribution in [0.1, 0.15) is 17.5 Å². The molecular weight excluding hydrogens is 367 g/mol. The topological polar surface area (TPSA) is 43.4 Å². The highest BCUT2D eigenvalue weighted by Gasteiger charge is 2.18. The Balaban J connectivity index is 2.13. The molecule has 2 aromatic rings. The lowest BCUT2D eigenvalue weighted by atomic mass is 9.92. The SMILES string of the molecule is CS(=O)(=O)c1ccc(/C(=C2/CCOC2)c2ccc(Cl)c(Cl)c2)cc1. The van der Waals surface area contributed by atoms with Gasteiger partial charge >= 0.3 is 0 Å². The van der Waals surface area contributed by atoms with E-state index >= 15 is 0 Å². The number of hydrogen-bond donors (Lipinski definition) is 0. The minimum absolute atomic E-state index is 0.299. The van der Waals surface area contributed by atoms with Gasteiger partial charge in [0.1, 0.15) is 0 Å². The quantitative estimate of drug-likeness (QED) is 0.777. The molecule has 0 radical (unpaired) electrons. The van der Waals surface area contributed by atoms with E-state index in [9.17, 15) is 8.42 Å². The van der Waals surface area contributed by atoms with E-state index in [1.807, 2.05) is 24.3 Å². The van der Waals surface area contributed by atoms with E-state index in [2.05, 4.69) is 0 Å². The van der Waals surface area contributed by atoms with Crippen molar-refractivity contribution in [3.05, 3.63) is 69.2 Å². The summed E-state index contributed by atoms with van der Waals surface area (Å²) in [6.07, 6.45) is 2.04. The highest BCUT2D eigenvalue weighted by Crippen LogP contribution is 2.34. The number of sulfone groups is 1. The molecule has 1 aliphatic rings. The van der Waals surface area contributed by atoms with Gasteiger partial charge in [0.2, 0.25) is 0 Å². The van der Waals surface area contributed by atoms with E-state index in [0.29, 0.717) is 28.2 Å². The van der Waals surface area contributed by atoms with Gasteiger partial charge in [-0.05, 0) is 53.0 Å². The Bertz CT molecular complexity index is 892. The molecule has 3 nitrogen and oxygen atoms in total. The average Bonchev–Trinajstić information content (AvgIpc) is 3.05. The summed E-state index contributed by atoms with van der Waals surface area (Å²) in [4.78, 5) is 0.299. The standard InChI is InChI=1S/C18H16Cl2O3S/c1-24(21,22)15-5-2-12(3-6-15)18(14-8-9-23-11-14)13-4-7-16(19)17(20)10-13/h2-7,10H,8-9,11H2,1H3/b18-14+. The van der Waals surface area contributed by atoms with Crippen LogP contribution in [0.2, 0.25) is 10.0 Å². The predicted octanol–water partition coefficient (Wildman–Crippen LogP) is 4.62. The molecule has 0 amide bonds. The number of hydrogen-bond acceptors (Lipinski definition) is 3. The van der Waals surface area contributed by atoms with Crippen LogP contribution in [0.3, 0.4) is 0 Å². The number of rotatable bonds is 3. The van der Waals surface area contributed by atoms with Crippen molar-refractivity contribution >= 4 is 38.6 Å². The summed E-state index contributed by atoms with van der Waals surface area (Å²) in [6.45, 7) is 1.24. The van der Waals surface area contributed by atoms with E-state index in [0.717, 1.165) is 23.1 Å². The zero-order chi connectivity index (χ0) is 17.3. The van der Waals surface area contributed by atoms with Crippen LogP contribution >= 0.6 is 23.2 Å². The minimum atomic E-state index is -3.22. The van der Waals surface area contributed by atoms with E-state index in [1.54, 1.807) is 18.2 Å². The van der Waals surface area contributed by atoms with Gasteiger partial charge in [-0.2, -0.15) is 0 Å². The average molecular weight is 383 g/mol. The maximum atomic E-state index is 11.7. The summed E-state index contributed by atoms with van der Waals surface area (Å²) in [7, 11) is -3.22. The maximum Gasteiger partial charge on any atom is 0.175 e. The first-order chi connectivity index (χ1) is 11.4. The van der Waals surface area contributed by atoms with Crippen LogP contribution in [-0.2, 0) is 14.6 Å². The van der Waals surface area contributed by atoms with Gasteiger partial charge in [-0.25, -0.2) is 8.42 Å². The first kappa shape index (κ1) is 17.5. The van der Waals surface area contributed by atoms with Crippen molar-refractivity contribution in [1.29, 1.82) is 0 Å². The molecule has 0 unspecified atom stereocenters. The molecule has 6 heteroatoms. The zero-order valence-electron chi connectivity index (χ0n) is 13.1. The van der Waals surface area contributed by atoms with Crippen LogP contribution in [0, 0.1) is 0 Å². The molecule has 0 saturated carbocycles. The molecule has 0 atom stereocenters. The van der Waals surface area contributed by atoms with Crippen LogP contribution in [0.15, 0.2) is 52.9 Å². The summed E-state index contributed by atoms with van der Waals surface area (Å²) < 4.78 is 28.8. The molecule has 0 aromatic heterocycles. The third-order valence-electron chi connectivity index (χ3n) is 3.96. The molecule has 3 rings (SSSR count). The maximum absolute atomic E-state index is 11.7. The Morgan fingerprint density at radius 2 is 1.67 bits per heavy atom. The van der Waals surface area contributed by atoms with E-state index in [1.165, 1.54) is 11.8 Å². The zero-order valence-corrected chi connectivity index (χ0v) is 15.4. The molecule has 2 aromatic carbocycles. The second-order valence-electron chi connectivity index (χ2n) is 5.71. The van der Waals surface area contributed by atoms with Crippen molar-refractivity contribution in [3.63, 3.8) is 0 Å². The van der Waals surface area contributed by atoms with Gasteiger partial charge in [-0.1, -0.05) is 41.4 Å². The second kappa shape index (κ2) is 6.89. The molecule has 126 valence electrons. The van der Waals surface area contributed by atoms with E-state index in [4.69, 9.17) is 27.9 Å². The first-order valence-electron chi connectivity index (χ1n) is 7.42. The molecule has 24 heavy (non-hydrogen) atoms. The lowest BCUT2D eigenvalue weighted by Gasteiger charge is -2.13. The lowest BCUT2D eigenvalue weighted by Crippen LogP contribution is -1.99. The third kappa shape index (κ3) is 3.67. The monoisotopic (exact) mass is 382 g/mol. The molecule has 0 N–H and O–H groups in total. The van der Waals surface area contributed by atoms with Gasteiger partial charge in [0.15, 0.2) is 9.84 Å². The van der Waals surface area contributed by atoms with Crippen LogP contribution in [-0.4, -0.2) is 27.9 Å². The highest BCUT2D eigenvalue weighted by atomic mass is 35.5. The van der Waals surface area contributed by atoms with Crippen molar-refractivity contribution in [3.8, 4) is 0 Å². The normalized spacial score (nSPS) is 17.1. The lowest BCUT2D eigenvalue weighted by molar-refractivity contribution is 0.205. The Morgan fingerprint density at radius 1 is 1.00 bits per heavy atom. The van der Waals surface area contributed by atoms with Crippen molar-refractivity contribution in [2.24, 2.45) is 0 Å². The molecule has 1 heterocycles. The van der Waals surface area contributed by atoms with Crippen LogP contribution in [0.4, 0.5) is 0 Å². The molecule has 0 spiro atoms.